The van der Waals surface area contributed by atoms with E-state index in [0.29, 0.717) is 5.13 Å². The number of carbonyl (C=O) groups excluding carboxylic acids is 1. The van der Waals surface area contributed by atoms with E-state index in [1.165, 1.54) is 16.9 Å². The minimum atomic E-state index is -0.108. The lowest BCUT2D eigenvalue weighted by molar-refractivity contribution is -0.111. The molecule has 1 amide bonds. The standard InChI is InChI=1S/C15H18N2OS/c1-3-5-6-7-14(18)17-15-16-12-9-8-11(4-2)10-13(12)19-15/h6-10H,3-5H2,1-2H3,(H,16,17,18)/b7-6+. The number of aromatic nitrogens is 1. The Morgan fingerprint density at radius 2 is 2.26 bits per heavy atom. The molecule has 0 unspecified atom stereocenters. The summed E-state index contributed by atoms with van der Waals surface area (Å²) in [5.41, 5.74) is 2.23. The molecule has 0 aliphatic rings. The number of fused-ring (bicyclic) bond motifs is 1. The number of amides is 1. The fourth-order valence-electron chi connectivity index (χ4n) is 1.75. The molecule has 100 valence electrons. The van der Waals surface area contributed by atoms with Gasteiger partial charge in [0.1, 0.15) is 0 Å². The van der Waals surface area contributed by atoms with Gasteiger partial charge in [0.15, 0.2) is 5.13 Å². The van der Waals surface area contributed by atoms with Gasteiger partial charge >= 0.3 is 0 Å². The quantitative estimate of drug-likeness (QED) is 0.832. The molecular weight excluding hydrogens is 256 g/mol. The van der Waals surface area contributed by atoms with Crippen LogP contribution in [0.15, 0.2) is 30.4 Å². The lowest BCUT2D eigenvalue weighted by Gasteiger charge is -1.94. The summed E-state index contributed by atoms with van der Waals surface area (Å²) in [4.78, 5) is 16.1. The van der Waals surface area contributed by atoms with Crippen LogP contribution in [0.4, 0.5) is 5.13 Å². The van der Waals surface area contributed by atoms with Crippen LogP contribution in [0.3, 0.4) is 0 Å². The maximum absolute atomic E-state index is 11.7. The van der Waals surface area contributed by atoms with E-state index in [-0.39, 0.29) is 5.91 Å². The maximum Gasteiger partial charge on any atom is 0.249 e. The van der Waals surface area contributed by atoms with Crippen molar-refractivity contribution in [3.05, 3.63) is 35.9 Å². The van der Waals surface area contributed by atoms with Gasteiger partial charge in [-0.25, -0.2) is 4.98 Å². The summed E-state index contributed by atoms with van der Waals surface area (Å²) in [5.74, 6) is -0.108. The first-order chi connectivity index (χ1) is 9.22. The molecule has 1 N–H and O–H groups in total. The highest BCUT2D eigenvalue weighted by Gasteiger charge is 2.06. The number of allylic oxidation sites excluding steroid dienone is 1. The van der Waals surface area contributed by atoms with Crippen LogP contribution in [0.25, 0.3) is 10.2 Å². The average molecular weight is 274 g/mol. The Balaban J connectivity index is 2.11. The van der Waals surface area contributed by atoms with Crippen molar-refractivity contribution in [1.29, 1.82) is 0 Å². The third kappa shape index (κ3) is 3.64. The topological polar surface area (TPSA) is 42.0 Å². The Labute approximate surface area is 117 Å². The van der Waals surface area contributed by atoms with Gasteiger partial charge in [0.25, 0.3) is 0 Å². The van der Waals surface area contributed by atoms with Gasteiger partial charge in [-0.1, -0.05) is 43.7 Å². The van der Waals surface area contributed by atoms with Gasteiger partial charge in [0, 0.05) is 0 Å². The van der Waals surface area contributed by atoms with Gasteiger partial charge in [-0.3, -0.25) is 10.1 Å². The second-order valence-corrected chi connectivity index (χ2v) is 5.39. The van der Waals surface area contributed by atoms with E-state index < -0.39 is 0 Å². The zero-order valence-electron chi connectivity index (χ0n) is 11.3. The molecule has 0 spiro atoms. The molecule has 0 bridgehead atoms. The molecular formula is C15H18N2OS. The molecule has 0 aliphatic carbocycles. The van der Waals surface area contributed by atoms with Crippen molar-refractivity contribution in [2.75, 3.05) is 5.32 Å². The fourth-order valence-corrected chi connectivity index (χ4v) is 2.68. The van der Waals surface area contributed by atoms with Crippen molar-refractivity contribution in [3.8, 4) is 0 Å². The molecule has 0 aliphatic heterocycles. The number of rotatable bonds is 5. The Hall–Kier alpha value is -1.68. The van der Waals surface area contributed by atoms with Crippen molar-refractivity contribution in [1.82, 2.24) is 4.98 Å². The van der Waals surface area contributed by atoms with Crippen molar-refractivity contribution in [2.24, 2.45) is 0 Å². The van der Waals surface area contributed by atoms with E-state index in [1.807, 2.05) is 12.1 Å². The van der Waals surface area contributed by atoms with Crippen LogP contribution in [-0.2, 0) is 11.2 Å². The molecule has 19 heavy (non-hydrogen) atoms. The molecule has 1 heterocycles. The molecule has 0 fully saturated rings. The summed E-state index contributed by atoms with van der Waals surface area (Å²) in [6, 6.07) is 6.22. The monoisotopic (exact) mass is 274 g/mol. The fraction of sp³-hybridized carbons (Fsp3) is 0.333. The number of benzene rings is 1. The van der Waals surface area contributed by atoms with Crippen molar-refractivity contribution in [3.63, 3.8) is 0 Å². The average Bonchev–Trinajstić information content (AvgIpc) is 2.79. The lowest BCUT2D eigenvalue weighted by atomic mass is 10.2. The second-order valence-electron chi connectivity index (χ2n) is 4.35. The summed E-state index contributed by atoms with van der Waals surface area (Å²) < 4.78 is 1.12. The largest absolute Gasteiger partial charge is 0.298 e. The highest BCUT2D eigenvalue weighted by atomic mass is 32.1. The number of carbonyl (C=O) groups is 1. The Kier molecular flexibility index (Phi) is 4.68. The third-order valence-electron chi connectivity index (χ3n) is 2.82. The number of thiazole rings is 1. The van der Waals surface area contributed by atoms with Crippen LogP contribution < -0.4 is 5.32 Å². The predicted molar refractivity (Wildman–Crippen MR) is 81.7 cm³/mol. The number of anilines is 1. The van der Waals surface area contributed by atoms with Gasteiger partial charge in [-0.2, -0.15) is 0 Å². The summed E-state index contributed by atoms with van der Waals surface area (Å²) in [5, 5.41) is 3.47. The number of hydrogen-bond donors (Lipinski definition) is 1. The number of unbranched alkanes of at least 4 members (excludes halogenated alkanes) is 1. The molecule has 4 heteroatoms. The molecule has 0 saturated carbocycles. The molecule has 2 rings (SSSR count). The van der Waals surface area contributed by atoms with Crippen LogP contribution in [0.5, 0.6) is 0 Å². The second kappa shape index (κ2) is 6.48. The van der Waals surface area contributed by atoms with E-state index in [9.17, 15) is 4.79 Å². The molecule has 0 saturated heterocycles. The molecule has 1 aromatic heterocycles. The SMILES string of the molecule is CCC/C=C/C(=O)Nc1nc2ccc(CC)cc2s1. The van der Waals surface area contributed by atoms with Gasteiger partial charge < -0.3 is 0 Å². The van der Waals surface area contributed by atoms with Gasteiger partial charge in [0.05, 0.1) is 10.2 Å². The highest BCUT2D eigenvalue weighted by molar-refractivity contribution is 7.22. The Morgan fingerprint density at radius 3 is 3.00 bits per heavy atom. The Morgan fingerprint density at radius 1 is 1.42 bits per heavy atom. The van der Waals surface area contributed by atoms with Crippen LogP contribution >= 0.6 is 11.3 Å². The van der Waals surface area contributed by atoms with Crippen molar-refractivity contribution < 1.29 is 4.79 Å². The summed E-state index contributed by atoms with van der Waals surface area (Å²) in [7, 11) is 0. The zero-order chi connectivity index (χ0) is 13.7. The number of nitrogens with zero attached hydrogens (tertiary/aromatic N) is 1. The van der Waals surface area contributed by atoms with Crippen LogP contribution in [0, 0.1) is 0 Å². The Bertz CT molecular complexity index is 601. The number of hydrogen-bond acceptors (Lipinski definition) is 3. The van der Waals surface area contributed by atoms with E-state index in [0.717, 1.165) is 29.5 Å². The summed E-state index contributed by atoms with van der Waals surface area (Å²) in [6.45, 7) is 4.21. The smallest absolute Gasteiger partial charge is 0.249 e. The zero-order valence-corrected chi connectivity index (χ0v) is 12.1. The van der Waals surface area contributed by atoms with E-state index in [1.54, 1.807) is 6.08 Å². The van der Waals surface area contributed by atoms with Gasteiger partial charge in [-0.05, 0) is 36.6 Å². The molecule has 1 aromatic carbocycles. The van der Waals surface area contributed by atoms with Gasteiger partial charge in [-0.15, -0.1) is 0 Å². The first-order valence-electron chi connectivity index (χ1n) is 6.60. The van der Waals surface area contributed by atoms with Crippen LogP contribution in [-0.4, -0.2) is 10.9 Å². The molecule has 3 nitrogen and oxygen atoms in total. The normalized spacial score (nSPS) is 11.3. The minimum absolute atomic E-state index is 0.108. The van der Waals surface area contributed by atoms with Crippen molar-refractivity contribution in [2.45, 2.75) is 33.1 Å². The highest BCUT2D eigenvalue weighted by Crippen LogP contribution is 2.26. The first-order valence-corrected chi connectivity index (χ1v) is 7.41. The molecule has 2 aromatic rings. The van der Waals surface area contributed by atoms with E-state index >= 15 is 0 Å². The predicted octanol–water partition coefficient (Wildman–Crippen LogP) is 4.15. The van der Waals surface area contributed by atoms with Crippen LogP contribution in [0.2, 0.25) is 0 Å². The molecule has 0 atom stereocenters. The third-order valence-corrected chi connectivity index (χ3v) is 3.75. The van der Waals surface area contributed by atoms with Crippen LogP contribution in [0.1, 0.15) is 32.3 Å². The minimum Gasteiger partial charge on any atom is -0.298 e. The maximum atomic E-state index is 11.7. The number of aryl methyl sites for hydroxylation is 1. The summed E-state index contributed by atoms with van der Waals surface area (Å²) in [6.07, 6.45) is 6.44. The lowest BCUT2D eigenvalue weighted by Crippen LogP contribution is -2.07. The first kappa shape index (κ1) is 13.7. The molecule has 0 radical (unpaired) electrons. The van der Waals surface area contributed by atoms with Gasteiger partial charge in [0.2, 0.25) is 5.91 Å². The van der Waals surface area contributed by atoms with Crippen molar-refractivity contribution >= 4 is 32.6 Å². The summed E-state index contributed by atoms with van der Waals surface area (Å²) >= 11 is 1.52. The van der Waals surface area contributed by atoms with E-state index in [4.69, 9.17) is 0 Å². The number of nitrogens with one attached hydrogen (secondary N) is 1. The van der Waals surface area contributed by atoms with E-state index in [2.05, 4.69) is 36.3 Å².